The summed E-state index contributed by atoms with van der Waals surface area (Å²) in [6.07, 6.45) is 0. The van der Waals surface area contributed by atoms with Gasteiger partial charge in [0.1, 0.15) is 18.2 Å². The monoisotopic (exact) mass is 290 g/mol. The van der Waals surface area contributed by atoms with Crippen LogP contribution in [0, 0.1) is 19.7 Å². The molecule has 0 aliphatic heterocycles. The molecule has 0 unspecified atom stereocenters. The lowest BCUT2D eigenvalue weighted by Gasteiger charge is -2.07. The second-order valence-corrected chi connectivity index (χ2v) is 4.93. The Labute approximate surface area is 123 Å². The largest absolute Gasteiger partial charge is 0.365 e. The first-order valence-corrected chi connectivity index (χ1v) is 6.73. The Balaban J connectivity index is 2.05. The Bertz CT molecular complexity index is 651. The molecule has 112 valence electrons. The predicted molar refractivity (Wildman–Crippen MR) is 79.5 cm³/mol. The third-order valence-corrected chi connectivity index (χ3v) is 3.32. The first-order valence-electron chi connectivity index (χ1n) is 6.73. The smallest absolute Gasteiger partial charge is 0.241 e. The summed E-state index contributed by atoms with van der Waals surface area (Å²) in [5.74, 6) is 0.313. The van der Waals surface area contributed by atoms with Crippen LogP contribution in [0.5, 0.6) is 0 Å². The average Bonchev–Trinajstić information content (AvgIpc) is 2.80. The fourth-order valence-corrected chi connectivity index (χ4v) is 1.99. The average molecular weight is 290 g/mol. The molecule has 0 fully saturated rings. The number of likely N-dealkylation sites (N-methyl/N-ethyl adjacent to an activating group) is 1. The SMILES string of the molecule is CNC(=O)Cn1nc(NCc2cc(F)ccc2C)cc1C. The van der Waals surface area contributed by atoms with Crippen molar-refractivity contribution in [3.63, 3.8) is 0 Å². The number of hydrogen-bond acceptors (Lipinski definition) is 3. The second kappa shape index (κ2) is 6.39. The number of nitrogens with zero attached hydrogens (tertiary/aromatic N) is 2. The zero-order valence-electron chi connectivity index (χ0n) is 12.4. The van der Waals surface area contributed by atoms with E-state index in [1.807, 2.05) is 19.9 Å². The van der Waals surface area contributed by atoms with E-state index in [1.165, 1.54) is 12.1 Å². The fourth-order valence-electron chi connectivity index (χ4n) is 1.99. The number of halogens is 1. The highest BCUT2D eigenvalue weighted by Crippen LogP contribution is 2.14. The molecule has 0 aliphatic rings. The maximum absolute atomic E-state index is 13.2. The van der Waals surface area contributed by atoms with Crippen molar-refractivity contribution >= 4 is 11.7 Å². The van der Waals surface area contributed by atoms with Gasteiger partial charge in [0.2, 0.25) is 5.91 Å². The number of carbonyl (C=O) groups is 1. The molecular formula is C15H19FN4O. The zero-order valence-corrected chi connectivity index (χ0v) is 12.4. The van der Waals surface area contributed by atoms with Crippen molar-refractivity contribution in [2.24, 2.45) is 0 Å². The van der Waals surface area contributed by atoms with E-state index < -0.39 is 0 Å². The van der Waals surface area contributed by atoms with Crippen LogP contribution in [0.1, 0.15) is 16.8 Å². The van der Waals surface area contributed by atoms with E-state index in [1.54, 1.807) is 17.8 Å². The lowest BCUT2D eigenvalue weighted by atomic mass is 10.1. The van der Waals surface area contributed by atoms with Crippen molar-refractivity contribution in [1.29, 1.82) is 0 Å². The lowest BCUT2D eigenvalue weighted by Crippen LogP contribution is -2.24. The minimum absolute atomic E-state index is 0.103. The predicted octanol–water partition coefficient (Wildman–Crippen LogP) is 2.00. The maximum atomic E-state index is 13.2. The van der Waals surface area contributed by atoms with Gasteiger partial charge < -0.3 is 10.6 Å². The standard InChI is InChI=1S/C15H19FN4O/c1-10-4-5-13(16)7-12(10)8-18-14-6-11(2)20(19-14)9-15(21)17-3/h4-7H,8-9H2,1-3H3,(H,17,21)(H,18,19). The second-order valence-electron chi connectivity index (χ2n) is 4.93. The van der Waals surface area contributed by atoms with Crippen LogP contribution in [0.2, 0.25) is 0 Å². The summed E-state index contributed by atoms with van der Waals surface area (Å²) in [5, 5.41) is 10.0. The van der Waals surface area contributed by atoms with Crippen molar-refractivity contribution in [1.82, 2.24) is 15.1 Å². The highest BCUT2D eigenvalue weighted by Gasteiger charge is 2.08. The van der Waals surface area contributed by atoms with E-state index in [-0.39, 0.29) is 18.3 Å². The highest BCUT2D eigenvalue weighted by molar-refractivity contribution is 5.75. The van der Waals surface area contributed by atoms with E-state index in [2.05, 4.69) is 15.7 Å². The Kier molecular flexibility index (Phi) is 4.57. The number of hydrogen-bond donors (Lipinski definition) is 2. The molecule has 0 aliphatic carbocycles. The van der Waals surface area contributed by atoms with Gasteiger partial charge in [0.15, 0.2) is 0 Å². The summed E-state index contributed by atoms with van der Waals surface area (Å²) >= 11 is 0. The van der Waals surface area contributed by atoms with Gasteiger partial charge in [0, 0.05) is 25.4 Å². The quantitative estimate of drug-likeness (QED) is 0.885. The normalized spacial score (nSPS) is 10.5. The van der Waals surface area contributed by atoms with Crippen LogP contribution < -0.4 is 10.6 Å². The molecule has 1 aromatic heterocycles. The van der Waals surface area contributed by atoms with Crippen molar-refractivity contribution in [3.8, 4) is 0 Å². The zero-order chi connectivity index (χ0) is 15.4. The minimum atomic E-state index is -0.251. The number of amides is 1. The Morgan fingerprint density at radius 1 is 1.33 bits per heavy atom. The summed E-state index contributed by atoms with van der Waals surface area (Å²) in [4.78, 5) is 11.4. The van der Waals surface area contributed by atoms with Crippen LogP contribution in [0.4, 0.5) is 10.2 Å². The van der Waals surface area contributed by atoms with Crippen molar-refractivity contribution < 1.29 is 9.18 Å². The van der Waals surface area contributed by atoms with E-state index >= 15 is 0 Å². The summed E-state index contributed by atoms with van der Waals surface area (Å²) in [6.45, 7) is 4.49. The molecule has 1 amide bonds. The van der Waals surface area contributed by atoms with E-state index in [0.29, 0.717) is 12.4 Å². The van der Waals surface area contributed by atoms with Crippen molar-refractivity contribution in [3.05, 3.63) is 46.9 Å². The molecular weight excluding hydrogens is 271 g/mol. The van der Waals surface area contributed by atoms with Gasteiger partial charge >= 0.3 is 0 Å². The molecule has 2 aromatic rings. The van der Waals surface area contributed by atoms with Gasteiger partial charge in [-0.15, -0.1) is 0 Å². The molecule has 0 bridgehead atoms. The number of anilines is 1. The topological polar surface area (TPSA) is 59.0 Å². The van der Waals surface area contributed by atoms with Crippen LogP contribution in [0.25, 0.3) is 0 Å². The molecule has 0 saturated carbocycles. The summed E-state index contributed by atoms with van der Waals surface area (Å²) in [6, 6.07) is 6.57. The number of aryl methyl sites for hydroxylation is 2. The maximum Gasteiger partial charge on any atom is 0.241 e. The summed E-state index contributed by atoms with van der Waals surface area (Å²) < 4.78 is 14.9. The first kappa shape index (κ1) is 15.0. The molecule has 21 heavy (non-hydrogen) atoms. The van der Waals surface area contributed by atoms with Gasteiger partial charge in [0.25, 0.3) is 0 Å². The molecule has 0 atom stereocenters. The fraction of sp³-hybridized carbons (Fsp3) is 0.333. The summed E-state index contributed by atoms with van der Waals surface area (Å²) in [7, 11) is 1.59. The van der Waals surface area contributed by atoms with Gasteiger partial charge in [-0.2, -0.15) is 5.10 Å². The van der Waals surface area contributed by atoms with Crippen LogP contribution >= 0.6 is 0 Å². The van der Waals surface area contributed by atoms with Crippen LogP contribution in [0.3, 0.4) is 0 Å². The van der Waals surface area contributed by atoms with Crippen LogP contribution in [-0.4, -0.2) is 22.7 Å². The van der Waals surface area contributed by atoms with Crippen LogP contribution in [-0.2, 0) is 17.9 Å². The summed E-state index contributed by atoms with van der Waals surface area (Å²) in [5.41, 5.74) is 2.79. The molecule has 0 saturated heterocycles. The Hall–Kier alpha value is -2.37. The molecule has 1 aromatic carbocycles. The third-order valence-electron chi connectivity index (χ3n) is 3.32. The Morgan fingerprint density at radius 3 is 2.81 bits per heavy atom. The van der Waals surface area contributed by atoms with Gasteiger partial charge in [-0.3, -0.25) is 9.48 Å². The molecule has 1 heterocycles. The van der Waals surface area contributed by atoms with E-state index in [9.17, 15) is 9.18 Å². The van der Waals surface area contributed by atoms with E-state index in [4.69, 9.17) is 0 Å². The van der Waals surface area contributed by atoms with E-state index in [0.717, 1.165) is 16.8 Å². The molecule has 0 spiro atoms. The molecule has 2 rings (SSSR count). The van der Waals surface area contributed by atoms with Gasteiger partial charge in [0.05, 0.1) is 0 Å². The van der Waals surface area contributed by atoms with Crippen molar-refractivity contribution in [2.45, 2.75) is 26.9 Å². The van der Waals surface area contributed by atoms with Gasteiger partial charge in [-0.1, -0.05) is 6.07 Å². The molecule has 6 heteroatoms. The molecule has 5 nitrogen and oxygen atoms in total. The van der Waals surface area contributed by atoms with Gasteiger partial charge in [-0.05, 0) is 37.1 Å². The Morgan fingerprint density at radius 2 is 2.10 bits per heavy atom. The molecule has 0 radical (unpaired) electrons. The number of nitrogens with one attached hydrogen (secondary N) is 2. The minimum Gasteiger partial charge on any atom is -0.365 e. The lowest BCUT2D eigenvalue weighted by molar-refractivity contribution is -0.121. The number of benzene rings is 1. The van der Waals surface area contributed by atoms with Crippen molar-refractivity contribution in [2.75, 3.05) is 12.4 Å². The molecule has 2 N–H and O–H groups in total. The number of rotatable bonds is 5. The van der Waals surface area contributed by atoms with Gasteiger partial charge in [-0.25, -0.2) is 4.39 Å². The van der Waals surface area contributed by atoms with Crippen LogP contribution in [0.15, 0.2) is 24.3 Å². The first-order chi connectivity index (χ1) is 9.99. The highest BCUT2D eigenvalue weighted by atomic mass is 19.1. The third kappa shape index (κ3) is 3.81. The number of aromatic nitrogens is 2. The number of carbonyl (C=O) groups excluding carboxylic acids is 1.